The Bertz CT molecular complexity index is 1010. The van der Waals surface area contributed by atoms with Crippen molar-refractivity contribution in [1.82, 2.24) is 0 Å². The maximum Gasteiger partial charge on any atom is 0.294 e. The van der Waals surface area contributed by atoms with Crippen LogP contribution >= 0.6 is 11.6 Å². The van der Waals surface area contributed by atoms with E-state index in [1.807, 2.05) is 24.3 Å². The summed E-state index contributed by atoms with van der Waals surface area (Å²) in [6.07, 6.45) is 4.84. The molecule has 0 bridgehead atoms. The average molecular weight is 412 g/mol. The Morgan fingerprint density at radius 2 is 1.72 bits per heavy atom. The monoisotopic (exact) mass is 411 g/mol. The van der Waals surface area contributed by atoms with Crippen LogP contribution in [0.2, 0.25) is 5.02 Å². The normalized spacial score (nSPS) is 20.7. The highest BCUT2D eigenvalue weighted by molar-refractivity contribution is 6.31. The number of nitro groups is 1. The van der Waals surface area contributed by atoms with Crippen LogP contribution in [0.1, 0.15) is 18.4 Å². The van der Waals surface area contributed by atoms with Crippen LogP contribution in [-0.4, -0.2) is 16.7 Å². The quantitative estimate of drug-likeness (QED) is 0.342. The van der Waals surface area contributed by atoms with Crippen molar-refractivity contribution in [2.45, 2.75) is 19.4 Å². The molecule has 4 rings (SSSR count). The third kappa shape index (κ3) is 3.49. The number of hydrogen-bond acceptors (Lipinski definition) is 5. The molecule has 1 heterocycles. The Hall–Kier alpha value is -3.19. The standard InChI is InChI=1S/C21H18ClN3O4/c22-17-8-4-1-5-13(17)12-23-18-10-9-14(11-19(18)25(28)29)24-20(26)15-6-2-3-7-16(15)21(24)27/h1-5,8-11,15-16,23H,6-7,12H2. The van der Waals surface area contributed by atoms with E-state index in [-0.39, 0.29) is 40.7 Å². The zero-order valence-electron chi connectivity index (χ0n) is 15.4. The van der Waals surface area contributed by atoms with Crippen molar-refractivity contribution in [3.8, 4) is 0 Å². The van der Waals surface area contributed by atoms with Crippen molar-refractivity contribution in [3.63, 3.8) is 0 Å². The molecule has 29 heavy (non-hydrogen) atoms. The molecule has 1 fully saturated rings. The van der Waals surface area contributed by atoms with Crippen LogP contribution in [-0.2, 0) is 16.1 Å². The molecule has 1 aliphatic carbocycles. The summed E-state index contributed by atoms with van der Waals surface area (Å²) in [7, 11) is 0. The molecule has 8 heteroatoms. The summed E-state index contributed by atoms with van der Waals surface area (Å²) in [4.78, 5) is 37.7. The van der Waals surface area contributed by atoms with Crippen molar-refractivity contribution in [3.05, 3.63) is 75.3 Å². The highest BCUT2D eigenvalue weighted by Crippen LogP contribution is 2.39. The van der Waals surface area contributed by atoms with Crippen molar-refractivity contribution in [2.75, 3.05) is 10.2 Å². The summed E-state index contributed by atoms with van der Waals surface area (Å²) in [5.74, 6) is -1.36. The summed E-state index contributed by atoms with van der Waals surface area (Å²) in [5.41, 5.74) is 1.11. The fourth-order valence-corrected chi connectivity index (χ4v) is 4.05. The van der Waals surface area contributed by atoms with Crippen LogP contribution in [0, 0.1) is 22.0 Å². The lowest BCUT2D eigenvalue weighted by Crippen LogP contribution is -2.30. The predicted molar refractivity (Wildman–Crippen MR) is 110 cm³/mol. The molecular formula is C21H18ClN3O4. The molecule has 0 saturated carbocycles. The van der Waals surface area contributed by atoms with Crippen LogP contribution in [0.15, 0.2) is 54.6 Å². The van der Waals surface area contributed by atoms with Crippen molar-refractivity contribution < 1.29 is 14.5 Å². The lowest BCUT2D eigenvalue weighted by molar-refractivity contribution is -0.383. The molecule has 0 spiro atoms. The maximum atomic E-state index is 12.7. The summed E-state index contributed by atoms with van der Waals surface area (Å²) in [6, 6.07) is 11.6. The van der Waals surface area contributed by atoms with Gasteiger partial charge in [-0.3, -0.25) is 19.7 Å². The molecular weight excluding hydrogens is 394 g/mol. The van der Waals surface area contributed by atoms with Gasteiger partial charge in [-0.25, -0.2) is 4.90 Å². The summed E-state index contributed by atoms with van der Waals surface area (Å²) in [5, 5.41) is 15.2. The zero-order valence-corrected chi connectivity index (χ0v) is 16.1. The molecule has 0 aromatic heterocycles. The molecule has 2 atom stereocenters. The van der Waals surface area contributed by atoms with E-state index in [1.165, 1.54) is 12.1 Å². The Labute approximate surface area is 172 Å². The van der Waals surface area contributed by atoms with Crippen LogP contribution in [0.5, 0.6) is 0 Å². The largest absolute Gasteiger partial charge is 0.375 e. The second-order valence-electron chi connectivity index (χ2n) is 7.07. The third-order valence-electron chi connectivity index (χ3n) is 5.37. The van der Waals surface area contributed by atoms with Gasteiger partial charge >= 0.3 is 0 Å². The Morgan fingerprint density at radius 1 is 1.07 bits per heavy atom. The van der Waals surface area contributed by atoms with Crippen LogP contribution in [0.4, 0.5) is 17.1 Å². The first-order valence-corrected chi connectivity index (χ1v) is 9.63. The van der Waals surface area contributed by atoms with E-state index in [2.05, 4.69) is 5.32 Å². The minimum Gasteiger partial charge on any atom is -0.375 e. The van der Waals surface area contributed by atoms with Gasteiger partial charge in [0.25, 0.3) is 5.69 Å². The van der Waals surface area contributed by atoms with Gasteiger partial charge in [-0.2, -0.15) is 0 Å². The first kappa shape index (κ1) is 19.1. The number of carbonyl (C=O) groups is 2. The van der Waals surface area contributed by atoms with Crippen molar-refractivity contribution in [2.24, 2.45) is 11.8 Å². The summed E-state index contributed by atoms with van der Waals surface area (Å²) >= 11 is 6.14. The molecule has 1 N–H and O–H groups in total. The van der Waals surface area contributed by atoms with Gasteiger partial charge in [-0.05, 0) is 36.6 Å². The van der Waals surface area contributed by atoms with Gasteiger partial charge in [0.15, 0.2) is 0 Å². The van der Waals surface area contributed by atoms with E-state index in [0.29, 0.717) is 24.4 Å². The number of benzene rings is 2. The Kier molecular flexibility index (Phi) is 5.07. The van der Waals surface area contributed by atoms with Gasteiger partial charge in [-0.1, -0.05) is 42.0 Å². The number of nitro benzene ring substituents is 1. The molecule has 2 aromatic rings. The second-order valence-corrected chi connectivity index (χ2v) is 7.48. The van der Waals surface area contributed by atoms with Crippen LogP contribution in [0.3, 0.4) is 0 Å². The van der Waals surface area contributed by atoms with E-state index >= 15 is 0 Å². The van der Waals surface area contributed by atoms with Gasteiger partial charge in [-0.15, -0.1) is 0 Å². The van der Waals surface area contributed by atoms with Crippen molar-refractivity contribution >= 4 is 40.5 Å². The van der Waals surface area contributed by atoms with Gasteiger partial charge in [0.05, 0.1) is 22.4 Å². The highest BCUT2D eigenvalue weighted by atomic mass is 35.5. The SMILES string of the molecule is O=C1C2CC=CCC2C(=O)N1c1ccc(NCc2ccccc2Cl)c([N+](=O)[O-])c1. The number of fused-ring (bicyclic) bond motifs is 1. The van der Waals surface area contributed by atoms with Crippen LogP contribution < -0.4 is 10.2 Å². The first-order valence-electron chi connectivity index (χ1n) is 9.26. The number of hydrogen-bond donors (Lipinski definition) is 1. The van der Waals surface area contributed by atoms with Gasteiger partial charge in [0, 0.05) is 17.6 Å². The smallest absolute Gasteiger partial charge is 0.294 e. The topological polar surface area (TPSA) is 92.6 Å². The highest BCUT2D eigenvalue weighted by Gasteiger charge is 2.48. The molecule has 0 radical (unpaired) electrons. The third-order valence-corrected chi connectivity index (χ3v) is 5.74. The predicted octanol–water partition coefficient (Wildman–Crippen LogP) is 4.32. The summed E-state index contributed by atoms with van der Waals surface area (Å²) in [6.45, 7) is 0.303. The van der Waals surface area contributed by atoms with Crippen molar-refractivity contribution in [1.29, 1.82) is 0 Å². The summed E-state index contributed by atoms with van der Waals surface area (Å²) < 4.78 is 0. The van der Waals surface area contributed by atoms with E-state index in [0.717, 1.165) is 10.5 Å². The Balaban J connectivity index is 1.61. The number of anilines is 2. The fourth-order valence-electron chi connectivity index (χ4n) is 3.85. The minimum atomic E-state index is -0.530. The number of rotatable bonds is 5. The maximum absolute atomic E-state index is 12.7. The van der Waals surface area contributed by atoms with Gasteiger partial charge in [0.2, 0.25) is 11.8 Å². The zero-order chi connectivity index (χ0) is 20.5. The number of nitrogens with zero attached hydrogens (tertiary/aromatic N) is 2. The fraction of sp³-hybridized carbons (Fsp3) is 0.238. The molecule has 2 unspecified atom stereocenters. The molecule has 2 amide bonds. The molecule has 2 aliphatic rings. The van der Waals surface area contributed by atoms with E-state index in [1.54, 1.807) is 18.2 Å². The number of nitrogens with one attached hydrogen (secondary N) is 1. The second kappa shape index (κ2) is 7.67. The lowest BCUT2D eigenvalue weighted by atomic mass is 9.85. The number of imide groups is 1. The molecule has 1 aliphatic heterocycles. The number of amides is 2. The Morgan fingerprint density at radius 3 is 2.34 bits per heavy atom. The first-order chi connectivity index (χ1) is 14.0. The molecule has 7 nitrogen and oxygen atoms in total. The average Bonchev–Trinajstić information content (AvgIpc) is 2.98. The molecule has 1 saturated heterocycles. The minimum absolute atomic E-state index is 0.205. The van der Waals surface area contributed by atoms with E-state index in [4.69, 9.17) is 11.6 Å². The van der Waals surface area contributed by atoms with E-state index < -0.39 is 4.92 Å². The van der Waals surface area contributed by atoms with E-state index in [9.17, 15) is 19.7 Å². The number of halogens is 1. The number of allylic oxidation sites excluding steroid dienone is 2. The molecule has 2 aromatic carbocycles. The van der Waals surface area contributed by atoms with Crippen LogP contribution in [0.25, 0.3) is 0 Å². The lowest BCUT2D eigenvalue weighted by Gasteiger charge is -2.16. The number of carbonyl (C=O) groups excluding carboxylic acids is 2. The van der Waals surface area contributed by atoms with Gasteiger partial charge in [0.1, 0.15) is 5.69 Å². The molecule has 148 valence electrons. The van der Waals surface area contributed by atoms with Gasteiger partial charge < -0.3 is 5.32 Å².